The molecule has 11 heteroatoms. The molecule has 0 aliphatic carbocycles. The molecule has 38 heavy (non-hydrogen) atoms. The number of methoxy groups -OCH3 is 3. The molecule has 194 valence electrons. The highest BCUT2D eigenvalue weighted by Gasteiger charge is 2.27. The Hall–Kier alpha value is -5.19. The van der Waals surface area contributed by atoms with Crippen molar-refractivity contribution in [1.82, 2.24) is 20.9 Å². The maximum atomic E-state index is 13.3. The normalized spacial score (nSPS) is 11.7. The molecule has 1 aromatic heterocycles. The number of carbonyl (C=O) groups is 2. The predicted molar refractivity (Wildman–Crippen MR) is 141 cm³/mol. The van der Waals surface area contributed by atoms with Gasteiger partial charge >= 0.3 is 0 Å². The average Bonchev–Trinajstić information content (AvgIpc) is 2.96. The van der Waals surface area contributed by atoms with Gasteiger partial charge in [0.15, 0.2) is 17.5 Å². The minimum Gasteiger partial charge on any atom is -0.493 e. The molecule has 3 N–H and O–H groups in total. The highest BCUT2D eigenvalue weighted by atomic mass is 16.5. The van der Waals surface area contributed by atoms with E-state index in [1.54, 1.807) is 66.7 Å². The standard InChI is InChI=1S/C27H25N5O6/c1-36-20-13-16(14-21(37-2)24(20)38-3)15-28-31-27(35)23(29-25(33)17-9-5-4-6-10-17)22-18-11-7-8-12-19(18)26(34)32-30-22/h4-15,23H,1-3H3,(H,29,33)(H,31,35)(H,32,34). The first-order valence-electron chi connectivity index (χ1n) is 11.4. The van der Waals surface area contributed by atoms with Crippen LogP contribution in [0.1, 0.15) is 27.7 Å². The largest absolute Gasteiger partial charge is 0.493 e. The number of carbonyl (C=O) groups excluding carboxylic acids is 2. The molecule has 3 aromatic carbocycles. The lowest BCUT2D eigenvalue weighted by atomic mass is 10.0. The summed E-state index contributed by atoms with van der Waals surface area (Å²) in [5.41, 5.74) is 3.08. The van der Waals surface area contributed by atoms with E-state index in [1.807, 2.05) is 0 Å². The van der Waals surface area contributed by atoms with Gasteiger partial charge in [-0.2, -0.15) is 10.2 Å². The van der Waals surface area contributed by atoms with Crippen LogP contribution in [0.4, 0.5) is 0 Å². The summed E-state index contributed by atoms with van der Waals surface area (Å²) in [6.07, 6.45) is 1.39. The summed E-state index contributed by atoms with van der Waals surface area (Å²) in [4.78, 5) is 38.6. The van der Waals surface area contributed by atoms with Gasteiger partial charge in [0, 0.05) is 16.5 Å². The molecule has 0 fully saturated rings. The number of aromatic amines is 1. The zero-order chi connectivity index (χ0) is 27.1. The third-order valence-corrected chi connectivity index (χ3v) is 5.65. The Labute approximate surface area is 217 Å². The van der Waals surface area contributed by atoms with Gasteiger partial charge in [-0.1, -0.05) is 36.4 Å². The van der Waals surface area contributed by atoms with Crippen molar-refractivity contribution in [3.63, 3.8) is 0 Å². The van der Waals surface area contributed by atoms with Gasteiger partial charge in [-0.05, 0) is 30.3 Å². The van der Waals surface area contributed by atoms with Crippen LogP contribution in [-0.4, -0.2) is 49.6 Å². The number of H-pyrrole nitrogens is 1. The third-order valence-electron chi connectivity index (χ3n) is 5.65. The SMILES string of the molecule is COc1cc(C=NNC(=O)C(NC(=O)c2ccccc2)c2n[nH]c(=O)c3ccccc23)cc(OC)c1OC. The number of benzene rings is 3. The molecule has 0 saturated carbocycles. The summed E-state index contributed by atoms with van der Waals surface area (Å²) >= 11 is 0. The fourth-order valence-electron chi connectivity index (χ4n) is 3.83. The predicted octanol–water partition coefficient (Wildman–Crippen LogP) is 2.57. The molecule has 0 spiro atoms. The fourth-order valence-corrected chi connectivity index (χ4v) is 3.83. The van der Waals surface area contributed by atoms with Crippen LogP contribution in [0.5, 0.6) is 17.2 Å². The topological polar surface area (TPSA) is 144 Å². The number of amides is 2. The van der Waals surface area contributed by atoms with Crippen molar-refractivity contribution >= 4 is 28.8 Å². The van der Waals surface area contributed by atoms with Crippen LogP contribution < -0.4 is 30.5 Å². The lowest BCUT2D eigenvalue weighted by Gasteiger charge is -2.18. The van der Waals surface area contributed by atoms with Gasteiger partial charge in [0.25, 0.3) is 17.4 Å². The molecule has 0 radical (unpaired) electrons. The van der Waals surface area contributed by atoms with Gasteiger partial charge in [0.05, 0.1) is 32.9 Å². The zero-order valence-corrected chi connectivity index (χ0v) is 20.8. The first-order valence-corrected chi connectivity index (χ1v) is 11.4. The van der Waals surface area contributed by atoms with Crippen molar-refractivity contribution in [2.75, 3.05) is 21.3 Å². The Morgan fingerprint density at radius 2 is 1.55 bits per heavy atom. The van der Waals surface area contributed by atoms with Crippen molar-refractivity contribution in [3.05, 3.63) is 93.9 Å². The van der Waals surface area contributed by atoms with Crippen LogP contribution in [0.2, 0.25) is 0 Å². The van der Waals surface area contributed by atoms with Gasteiger partial charge in [-0.3, -0.25) is 14.4 Å². The molecule has 2 amide bonds. The maximum absolute atomic E-state index is 13.3. The third kappa shape index (κ3) is 5.46. The van der Waals surface area contributed by atoms with E-state index in [1.165, 1.54) is 27.5 Å². The van der Waals surface area contributed by atoms with E-state index >= 15 is 0 Å². The molecular formula is C27H25N5O6. The smallest absolute Gasteiger partial charge is 0.272 e. The van der Waals surface area contributed by atoms with E-state index in [-0.39, 0.29) is 5.69 Å². The van der Waals surface area contributed by atoms with Crippen molar-refractivity contribution in [1.29, 1.82) is 0 Å². The van der Waals surface area contributed by atoms with E-state index in [2.05, 4.69) is 26.0 Å². The van der Waals surface area contributed by atoms with Gasteiger partial charge < -0.3 is 19.5 Å². The van der Waals surface area contributed by atoms with Crippen molar-refractivity contribution in [3.8, 4) is 17.2 Å². The lowest BCUT2D eigenvalue weighted by molar-refractivity contribution is -0.123. The second-order valence-corrected chi connectivity index (χ2v) is 7.95. The van der Waals surface area contributed by atoms with E-state index in [0.29, 0.717) is 39.1 Å². The number of ether oxygens (including phenoxy) is 3. The highest BCUT2D eigenvalue weighted by Crippen LogP contribution is 2.37. The minimum atomic E-state index is -1.28. The zero-order valence-electron chi connectivity index (χ0n) is 20.8. The molecule has 1 heterocycles. The Kier molecular flexibility index (Phi) is 7.97. The van der Waals surface area contributed by atoms with E-state index < -0.39 is 23.4 Å². The summed E-state index contributed by atoms with van der Waals surface area (Å²) in [6, 6.07) is 17.1. The molecule has 1 unspecified atom stereocenters. The van der Waals surface area contributed by atoms with Crippen LogP contribution in [0.25, 0.3) is 10.8 Å². The molecule has 4 aromatic rings. The number of nitrogens with one attached hydrogen (secondary N) is 3. The molecule has 0 saturated heterocycles. The Morgan fingerprint density at radius 3 is 2.18 bits per heavy atom. The fraction of sp³-hybridized carbons (Fsp3) is 0.148. The van der Waals surface area contributed by atoms with E-state index in [9.17, 15) is 14.4 Å². The number of fused-ring (bicyclic) bond motifs is 1. The van der Waals surface area contributed by atoms with Crippen molar-refractivity contribution in [2.24, 2.45) is 5.10 Å². The summed E-state index contributed by atoms with van der Waals surface area (Å²) in [7, 11) is 4.47. The number of rotatable bonds is 9. The molecule has 11 nitrogen and oxygen atoms in total. The molecule has 0 bridgehead atoms. The van der Waals surface area contributed by atoms with Crippen LogP contribution >= 0.6 is 0 Å². The van der Waals surface area contributed by atoms with Crippen LogP contribution in [0.15, 0.2) is 76.6 Å². The molecule has 0 aliphatic heterocycles. The average molecular weight is 516 g/mol. The minimum absolute atomic E-state index is 0.157. The lowest BCUT2D eigenvalue weighted by Crippen LogP contribution is -2.40. The molecule has 4 rings (SSSR count). The van der Waals surface area contributed by atoms with Gasteiger partial charge in [-0.15, -0.1) is 0 Å². The molecule has 0 aliphatic rings. The van der Waals surface area contributed by atoms with Crippen molar-refractivity contribution < 1.29 is 23.8 Å². The van der Waals surface area contributed by atoms with E-state index in [4.69, 9.17) is 14.2 Å². The van der Waals surface area contributed by atoms with Crippen molar-refractivity contribution in [2.45, 2.75) is 6.04 Å². The van der Waals surface area contributed by atoms with Gasteiger partial charge in [0.2, 0.25) is 5.75 Å². The summed E-state index contributed by atoms with van der Waals surface area (Å²) in [6.45, 7) is 0. The highest BCUT2D eigenvalue weighted by molar-refractivity contribution is 5.99. The number of aromatic nitrogens is 2. The summed E-state index contributed by atoms with van der Waals surface area (Å²) in [5.74, 6) is 0.0584. The maximum Gasteiger partial charge on any atom is 0.272 e. The van der Waals surface area contributed by atoms with E-state index in [0.717, 1.165) is 0 Å². The molecule has 1 atom stereocenters. The first-order chi connectivity index (χ1) is 18.5. The second-order valence-electron chi connectivity index (χ2n) is 7.95. The summed E-state index contributed by atoms with van der Waals surface area (Å²) < 4.78 is 16.0. The Morgan fingerprint density at radius 1 is 0.921 bits per heavy atom. The first kappa shape index (κ1) is 25.9. The quantitative estimate of drug-likeness (QED) is 0.230. The van der Waals surface area contributed by atoms with Gasteiger partial charge in [-0.25, -0.2) is 10.5 Å². The number of hydrazone groups is 1. The monoisotopic (exact) mass is 515 g/mol. The van der Waals surface area contributed by atoms with Crippen LogP contribution in [0, 0.1) is 0 Å². The summed E-state index contributed by atoms with van der Waals surface area (Å²) in [5, 5.41) is 14.0. The van der Waals surface area contributed by atoms with Crippen LogP contribution in [0.3, 0.4) is 0 Å². The number of nitrogens with zero attached hydrogens (tertiary/aromatic N) is 2. The number of hydrogen-bond donors (Lipinski definition) is 3. The van der Waals surface area contributed by atoms with Crippen LogP contribution in [-0.2, 0) is 4.79 Å². The molecular weight excluding hydrogens is 490 g/mol. The van der Waals surface area contributed by atoms with Gasteiger partial charge in [0.1, 0.15) is 5.69 Å². The Balaban J connectivity index is 1.66. The Bertz CT molecular complexity index is 1530. The number of hydrogen-bond acceptors (Lipinski definition) is 8. The second kappa shape index (κ2) is 11.7.